The summed E-state index contributed by atoms with van der Waals surface area (Å²) in [5.41, 5.74) is 4.03. The van der Waals surface area contributed by atoms with E-state index in [0.717, 1.165) is 36.8 Å². The van der Waals surface area contributed by atoms with Gasteiger partial charge in [-0.2, -0.15) is 0 Å². The van der Waals surface area contributed by atoms with Crippen LogP contribution in [0, 0.1) is 24.6 Å². The number of halogens is 1. The molecule has 5 heteroatoms. The van der Waals surface area contributed by atoms with Crippen LogP contribution in [0.15, 0.2) is 66.7 Å². The summed E-state index contributed by atoms with van der Waals surface area (Å²) in [6.45, 7) is 5.01. The molecule has 0 radical (unpaired) electrons. The smallest absolute Gasteiger partial charge is 0.340 e. The van der Waals surface area contributed by atoms with Crippen molar-refractivity contribution in [3.8, 4) is 11.8 Å². The van der Waals surface area contributed by atoms with Crippen molar-refractivity contribution >= 4 is 11.9 Å². The van der Waals surface area contributed by atoms with Crippen LogP contribution in [0.5, 0.6) is 0 Å². The highest BCUT2D eigenvalue weighted by Crippen LogP contribution is 2.17. The maximum atomic E-state index is 14.1. The number of hydrogen-bond acceptors (Lipinski definition) is 3. The first-order valence-corrected chi connectivity index (χ1v) is 12.3. The molecule has 0 atom stereocenters. The zero-order valence-corrected chi connectivity index (χ0v) is 21.1. The SMILES string of the molecule is CCCCCCN(Cc1ccc(F)c(C(=O)OC)c1)C(=O)c1ccc(C#Cc2ccc(C)cc2)cc1. The van der Waals surface area contributed by atoms with Gasteiger partial charge >= 0.3 is 5.97 Å². The van der Waals surface area contributed by atoms with Crippen LogP contribution >= 0.6 is 0 Å². The highest BCUT2D eigenvalue weighted by Gasteiger charge is 2.18. The molecule has 0 saturated heterocycles. The number of carbonyl (C=O) groups excluding carboxylic acids is 2. The molecular formula is C31H32FNO3. The third-order valence-corrected chi connectivity index (χ3v) is 5.91. The Kier molecular flexibility index (Phi) is 9.82. The number of amides is 1. The minimum atomic E-state index is -0.738. The minimum absolute atomic E-state index is 0.117. The average molecular weight is 486 g/mol. The standard InChI is InChI=1S/C31H32FNO3/c1-4-5-6-7-20-33(22-26-16-19-29(32)28(21-26)31(35)36-3)30(34)27-17-14-25(15-18-27)13-12-24-10-8-23(2)9-11-24/h8-11,14-19,21H,4-7,20,22H2,1-3H3. The molecule has 0 aliphatic carbocycles. The van der Waals surface area contributed by atoms with E-state index in [1.54, 1.807) is 23.1 Å². The van der Waals surface area contributed by atoms with Crippen molar-refractivity contribution < 1.29 is 18.7 Å². The van der Waals surface area contributed by atoms with Crippen LogP contribution in [0.25, 0.3) is 0 Å². The molecule has 0 fully saturated rings. The van der Waals surface area contributed by atoms with Crippen molar-refractivity contribution in [1.82, 2.24) is 4.90 Å². The van der Waals surface area contributed by atoms with E-state index < -0.39 is 11.8 Å². The van der Waals surface area contributed by atoms with Crippen molar-refractivity contribution in [2.24, 2.45) is 0 Å². The molecule has 3 rings (SSSR count). The number of nitrogens with zero attached hydrogens (tertiary/aromatic N) is 1. The second-order valence-corrected chi connectivity index (χ2v) is 8.79. The van der Waals surface area contributed by atoms with E-state index in [0.29, 0.717) is 17.7 Å². The molecule has 186 valence electrons. The lowest BCUT2D eigenvalue weighted by Crippen LogP contribution is -2.31. The molecular weight excluding hydrogens is 453 g/mol. The number of unbranched alkanes of at least 4 members (excludes halogenated alkanes) is 3. The van der Waals surface area contributed by atoms with Gasteiger partial charge in [-0.05, 0) is 67.4 Å². The number of hydrogen-bond donors (Lipinski definition) is 0. The lowest BCUT2D eigenvalue weighted by atomic mass is 10.1. The van der Waals surface area contributed by atoms with Crippen LogP contribution in [0.4, 0.5) is 4.39 Å². The molecule has 1 amide bonds. The molecule has 0 spiro atoms. The van der Waals surface area contributed by atoms with Crippen molar-refractivity contribution in [3.05, 3.63) is 106 Å². The first-order chi connectivity index (χ1) is 17.4. The van der Waals surface area contributed by atoms with Gasteiger partial charge in [0.15, 0.2) is 0 Å². The lowest BCUT2D eigenvalue weighted by Gasteiger charge is -2.23. The third-order valence-electron chi connectivity index (χ3n) is 5.91. The Hall–Kier alpha value is -3.91. The number of benzene rings is 3. The number of carbonyl (C=O) groups is 2. The largest absolute Gasteiger partial charge is 0.465 e. The fraction of sp³-hybridized carbons (Fsp3) is 0.290. The van der Waals surface area contributed by atoms with Crippen LogP contribution in [0.2, 0.25) is 0 Å². The molecule has 0 aromatic heterocycles. The van der Waals surface area contributed by atoms with E-state index in [9.17, 15) is 14.0 Å². The molecule has 0 heterocycles. The third kappa shape index (κ3) is 7.55. The Bertz CT molecular complexity index is 1240. The summed E-state index contributed by atoms with van der Waals surface area (Å²) in [5, 5.41) is 0. The Labute approximate surface area is 213 Å². The molecule has 4 nitrogen and oxygen atoms in total. The lowest BCUT2D eigenvalue weighted by molar-refractivity contribution is 0.0595. The monoisotopic (exact) mass is 485 g/mol. The van der Waals surface area contributed by atoms with Gasteiger partial charge in [0.2, 0.25) is 0 Å². The van der Waals surface area contributed by atoms with Gasteiger partial charge < -0.3 is 9.64 Å². The molecule has 3 aromatic rings. The van der Waals surface area contributed by atoms with Crippen LogP contribution in [0.3, 0.4) is 0 Å². The summed E-state index contributed by atoms with van der Waals surface area (Å²) in [5.74, 6) is 4.78. The average Bonchev–Trinajstić information content (AvgIpc) is 2.90. The molecule has 0 aliphatic heterocycles. The number of esters is 1. The van der Waals surface area contributed by atoms with Gasteiger partial charge in [0.25, 0.3) is 5.91 Å². The van der Waals surface area contributed by atoms with E-state index in [-0.39, 0.29) is 18.0 Å². The second-order valence-electron chi connectivity index (χ2n) is 8.79. The van der Waals surface area contributed by atoms with Crippen LogP contribution in [-0.2, 0) is 11.3 Å². The summed E-state index contributed by atoms with van der Waals surface area (Å²) in [6, 6.07) is 19.6. The minimum Gasteiger partial charge on any atom is -0.465 e. The van der Waals surface area contributed by atoms with Gasteiger partial charge in [0, 0.05) is 29.8 Å². The highest BCUT2D eigenvalue weighted by atomic mass is 19.1. The number of rotatable bonds is 9. The maximum Gasteiger partial charge on any atom is 0.340 e. The number of ether oxygens (including phenoxy) is 1. The van der Waals surface area contributed by atoms with Gasteiger partial charge in [-0.25, -0.2) is 9.18 Å². The topological polar surface area (TPSA) is 46.6 Å². The summed E-state index contributed by atoms with van der Waals surface area (Å²) < 4.78 is 18.8. The van der Waals surface area contributed by atoms with Crippen molar-refractivity contribution in [2.75, 3.05) is 13.7 Å². The molecule has 0 aliphatic rings. The maximum absolute atomic E-state index is 14.1. The van der Waals surface area contributed by atoms with Crippen LogP contribution in [-0.4, -0.2) is 30.4 Å². The highest BCUT2D eigenvalue weighted by molar-refractivity contribution is 5.94. The van der Waals surface area contributed by atoms with E-state index in [1.807, 2.05) is 43.3 Å². The van der Waals surface area contributed by atoms with E-state index in [4.69, 9.17) is 0 Å². The van der Waals surface area contributed by atoms with Gasteiger partial charge in [-0.1, -0.05) is 61.8 Å². The molecule has 0 unspecified atom stereocenters. The van der Waals surface area contributed by atoms with Crippen molar-refractivity contribution in [3.63, 3.8) is 0 Å². The molecule has 0 N–H and O–H groups in total. The summed E-state index contributed by atoms with van der Waals surface area (Å²) >= 11 is 0. The number of methoxy groups -OCH3 is 1. The fourth-order valence-electron chi connectivity index (χ4n) is 3.80. The normalized spacial score (nSPS) is 10.3. The first-order valence-electron chi connectivity index (χ1n) is 12.3. The zero-order valence-electron chi connectivity index (χ0n) is 21.1. The molecule has 36 heavy (non-hydrogen) atoms. The van der Waals surface area contributed by atoms with Gasteiger partial charge in [0.1, 0.15) is 5.82 Å². The molecule has 0 saturated carbocycles. The fourth-order valence-corrected chi connectivity index (χ4v) is 3.80. The van der Waals surface area contributed by atoms with Crippen LogP contribution in [0.1, 0.15) is 75.6 Å². The Morgan fingerprint density at radius 3 is 2.14 bits per heavy atom. The summed E-state index contributed by atoms with van der Waals surface area (Å²) in [7, 11) is 1.22. The summed E-state index contributed by atoms with van der Waals surface area (Å²) in [6.07, 6.45) is 4.08. The Morgan fingerprint density at radius 2 is 1.53 bits per heavy atom. The van der Waals surface area contributed by atoms with E-state index in [2.05, 4.69) is 23.5 Å². The number of aryl methyl sites for hydroxylation is 1. The second kappa shape index (κ2) is 13.3. The molecule has 0 bridgehead atoms. The van der Waals surface area contributed by atoms with Crippen molar-refractivity contribution in [2.45, 2.75) is 46.1 Å². The van der Waals surface area contributed by atoms with Gasteiger partial charge in [0.05, 0.1) is 12.7 Å². The summed E-state index contributed by atoms with van der Waals surface area (Å²) in [4.78, 5) is 27.1. The quantitative estimate of drug-likeness (QED) is 0.196. The first kappa shape index (κ1) is 26.7. The van der Waals surface area contributed by atoms with Crippen LogP contribution < -0.4 is 0 Å². The van der Waals surface area contributed by atoms with Gasteiger partial charge in [-0.3, -0.25) is 4.79 Å². The Balaban J connectivity index is 1.77. The predicted molar refractivity (Wildman–Crippen MR) is 140 cm³/mol. The molecule has 3 aromatic carbocycles. The van der Waals surface area contributed by atoms with E-state index >= 15 is 0 Å². The Morgan fingerprint density at radius 1 is 0.889 bits per heavy atom. The van der Waals surface area contributed by atoms with Gasteiger partial charge in [-0.15, -0.1) is 0 Å². The van der Waals surface area contributed by atoms with E-state index in [1.165, 1.54) is 24.8 Å². The zero-order chi connectivity index (χ0) is 25.9. The van der Waals surface area contributed by atoms with Crippen molar-refractivity contribution in [1.29, 1.82) is 0 Å². The predicted octanol–water partition coefficient (Wildman–Crippen LogP) is 6.54.